The van der Waals surface area contributed by atoms with Crippen molar-refractivity contribution in [1.29, 1.82) is 0 Å². The van der Waals surface area contributed by atoms with E-state index in [0.29, 0.717) is 5.92 Å². The van der Waals surface area contributed by atoms with Gasteiger partial charge in [0.25, 0.3) is 0 Å². The molecule has 0 aromatic heterocycles. The highest BCUT2D eigenvalue weighted by Crippen LogP contribution is 2.58. The summed E-state index contributed by atoms with van der Waals surface area (Å²) in [6.45, 7) is -0.180. The van der Waals surface area contributed by atoms with E-state index in [-0.39, 0.29) is 6.67 Å². The summed E-state index contributed by atoms with van der Waals surface area (Å²) in [6, 6.07) is 49.2. The fourth-order valence-electron chi connectivity index (χ4n) is 6.64. The van der Waals surface area contributed by atoms with E-state index in [0.717, 1.165) is 12.8 Å². The standard InChI is InChI=1S/C34H39FPSi/c35-25-13-14-26-37(34-21-11-4-12-22-34)27-23-30(24-28-37)29-36(31-15-5-1-6-16-31,32-17-7-2-8-18-32)33-19-9-3-10-20-33/h1-12,15-22,30H,13-14,23-29H2/q+1. The Hall–Kier alpha value is -2.54. The topological polar surface area (TPSA) is 0 Å². The van der Waals surface area contributed by atoms with Crippen molar-refractivity contribution in [2.24, 2.45) is 5.92 Å². The SMILES string of the molecule is FCCCC[Si]1(c2ccccc2)CCC(C[P+](c2ccccc2)(c2ccccc2)c2ccccc2)CC1. The Morgan fingerprint density at radius 3 is 1.46 bits per heavy atom. The van der Waals surface area contributed by atoms with E-state index in [9.17, 15) is 4.39 Å². The first-order valence-corrected chi connectivity index (χ1v) is 18.5. The summed E-state index contributed by atoms with van der Waals surface area (Å²) in [5.74, 6) is 0.708. The van der Waals surface area contributed by atoms with Crippen LogP contribution in [0.25, 0.3) is 0 Å². The molecule has 37 heavy (non-hydrogen) atoms. The van der Waals surface area contributed by atoms with Gasteiger partial charge in [-0.3, -0.25) is 4.39 Å². The Morgan fingerprint density at radius 2 is 1.03 bits per heavy atom. The van der Waals surface area contributed by atoms with Crippen LogP contribution in [0, 0.1) is 5.92 Å². The van der Waals surface area contributed by atoms with E-state index < -0.39 is 15.3 Å². The zero-order chi connectivity index (χ0) is 25.4. The van der Waals surface area contributed by atoms with Crippen LogP contribution in [0.4, 0.5) is 4.39 Å². The molecule has 1 fully saturated rings. The number of rotatable bonds is 10. The minimum Gasteiger partial charge on any atom is -0.251 e. The number of benzene rings is 4. The molecule has 0 radical (unpaired) electrons. The third-order valence-electron chi connectivity index (χ3n) is 8.61. The molecule has 1 aliphatic heterocycles. The molecule has 3 heteroatoms. The molecule has 0 N–H and O–H groups in total. The Morgan fingerprint density at radius 1 is 0.595 bits per heavy atom. The van der Waals surface area contributed by atoms with Gasteiger partial charge in [0.1, 0.15) is 23.2 Å². The van der Waals surface area contributed by atoms with Crippen molar-refractivity contribution in [2.45, 2.75) is 43.8 Å². The van der Waals surface area contributed by atoms with Gasteiger partial charge in [0.05, 0.1) is 20.9 Å². The summed E-state index contributed by atoms with van der Waals surface area (Å²) >= 11 is 0. The quantitative estimate of drug-likeness (QED) is 0.114. The fourth-order valence-corrected chi connectivity index (χ4v) is 16.7. The monoisotopic (exact) mass is 525 g/mol. The first-order chi connectivity index (χ1) is 18.3. The fraction of sp³-hybridized carbons (Fsp3) is 0.294. The Balaban J connectivity index is 1.49. The highest BCUT2D eigenvalue weighted by molar-refractivity contribution is 7.95. The molecule has 1 aliphatic rings. The molecule has 0 bridgehead atoms. The van der Waals surface area contributed by atoms with E-state index in [1.165, 1.54) is 53.0 Å². The maximum atomic E-state index is 13.0. The molecule has 1 saturated heterocycles. The van der Waals surface area contributed by atoms with E-state index in [2.05, 4.69) is 121 Å². The van der Waals surface area contributed by atoms with Crippen molar-refractivity contribution in [2.75, 3.05) is 12.8 Å². The van der Waals surface area contributed by atoms with Crippen molar-refractivity contribution in [1.82, 2.24) is 0 Å². The average Bonchev–Trinajstić information content (AvgIpc) is 2.99. The number of alkyl halides is 1. The summed E-state index contributed by atoms with van der Waals surface area (Å²) < 4.78 is 13.0. The second-order valence-electron chi connectivity index (χ2n) is 10.7. The minimum atomic E-state index is -1.80. The van der Waals surface area contributed by atoms with Gasteiger partial charge in [0, 0.05) is 0 Å². The van der Waals surface area contributed by atoms with Gasteiger partial charge in [-0.2, -0.15) is 0 Å². The molecule has 5 rings (SSSR count). The number of hydrogen-bond donors (Lipinski definition) is 0. The van der Waals surface area contributed by atoms with E-state index >= 15 is 0 Å². The normalized spacial score (nSPS) is 20.0. The third-order valence-corrected chi connectivity index (χ3v) is 18.6. The van der Waals surface area contributed by atoms with Crippen LogP contribution in [0.2, 0.25) is 18.1 Å². The first-order valence-electron chi connectivity index (χ1n) is 13.9. The molecule has 190 valence electrons. The Labute approximate surface area is 224 Å². The van der Waals surface area contributed by atoms with Crippen LogP contribution in [0.1, 0.15) is 25.7 Å². The van der Waals surface area contributed by atoms with Crippen LogP contribution in [0.3, 0.4) is 0 Å². The van der Waals surface area contributed by atoms with Crippen molar-refractivity contribution >= 4 is 36.4 Å². The lowest BCUT2D eigenvalue weighted by Crippen LogP contribution is -2.50. The average molecular weight is 526 g/mol. The van der Waals surface area contributed by atoms with Gasteiger partial charge in [-0.1, -0.05) is 115 Å². The molecular weight excluding hydrogens is 486 g/mol. The Kier molecular flexibility index (Phi) is 8.69. The zero-order valence-corrected chi connectivity index (χ0v) is 23.7. The summed E-state index contributed by atoms with van der Waals surface area (Å²) in [5, 5.41) is 6.08. The molecule has 4 aromatic carbocycles. The smallest absolute Gasteiger partial charge is 0.112 e. The molecule has 0 nitrogen and oxygen atoms in total. The molecule has 0 amide bonds. The molecule has 0 spiro atoms. The van der Waals surface area contributed by atoms with E-state index in [4.69, 9.17) is 0 Å². The second kappa shape index (κ2) is 12.3. The largest absolute Gasteiger partial charge is 0.251 e. The van der Waals surface area contributed by atoms with Gasteiger partial charge in [-0.25, -0.2) is 0 Å². The molecule has 0 saturated carbocycles. The van der Waals surface area contributed by atoms with Gasteiger partial charge in [0.15, 0.2) is 0 Å². The van der Waals surface area contributed by atoms with Crippen molar-refractivity contribution < 1.29 is 4.39 Å². The molecule has 1 heterocycles. The molecule has 4 aromatic rings. The molecule has 0 unspecified atom stereocenters. The highest BCUT2D eigenvalue weighted by atomic mass is 31.2. The molecule has 0 atom stereocenters. The molecular formula is C34H39FPSi+. The van der Waals surface area contributed by atoms with Gasteiger partial charge < -0.3 is 0 Å². The highest BCUT2D eigenvalue weighted by Gasteiger charge is 2.49. The lowest BCUT2D eigenvalue weighted by atomic mass is 10.1. The van der Waals surface area contributed by atoms with Gasteiger partial charge >= 0.3 is 0 Å². The van der Waals surface area contributed by atoms with Crippen molar-refractivity contribution in [3.8, 4) is 0 Å². The zero-order valence-electron chi connectivity index (χ0n) is 21.8. The summed E-state index contributed by atoms with van der Waals surface area (Å²) in [4.78, 5) is 0. The van der Waals surface area contributed by atoms with Crippen molar-refractivity contribution in [3.63, 3.8) is 0 Å². The third kappa shape index (κ3) is 5.66. The maximum Gasteiger partial charge on any atom is 0.112 e. The summed E-state index contributed by atoms with van der Waals surface area (Å²) in [6.07, 6.45) is 5.58. The maximum absolute atomic E-state index is 13.0. The van der Waals surface area contributed by atoms with Crippen LogP contribution in [-0.4, -0.2) is 20.9 Å². The van der Waals surface area contributed by atoms with Crippen LogP contribution >= 0.6 is 7.26 Å². The minimum absolute atomic E-state index is 0.180. The summed E-state index contributed by atoms with van der Waals surface area (Å²) in [7, 11) is -3.40. The second-order valence-corrected chi connectivity index (χ2v) is 18.9. The number of halogens is 1. The number of unbranched alkanes of at least 4 members (excludes halogenated alkanes) is 1. The lowest BCUT2D eigenvalue weighted by Gasteiger charge is -2.41. The van der Waals surface area contributed by atoms with Crippen LogP contribution in [0.5, 0.6) is 0 Å². The molecule has 0 aliphatic carbocycles. The van der Waals surface area contributed by atoms with Crippen molar-refractivity contribution in [3.05, 3.63) is 121 Å². The number of hydrogen-bond acceptors (Lipinski definition) is 0. The van der Waals surface area contributed by atoms with Gasteiger partial charge in [-0.15, -0.1) is 0 Å². The van der Waals surface area contributed by atoms with E-state index in [1.807, 2.05) is 0 Å². The predicted octanol–water partition coefficient (Wildman–Crippen LogP) is 7.50. The van der Waals surface area contributed by atoms with Crippen LogP contribution < -0.4 is 21.1 Å². The first kappa shape index (κ1) is 26.1. The Bertz CT molecular complexity index is 1110. The predicted molar refractivity (Wildman–Crippen MR) is 164 cm³/mol. The van der Waals surface area contributed by atoms with Crippen LogP contribution in [0.15, 0.2) is 121 Å². The summed E-state index contributed by atoms with van der Waals surface area (Å²) in [5.41, 5.74) is 0. The lowest BCUT2D eigenvalue weighted by molar-refractivity contribution is 0.466. The van der Waals surface area contributed by atoms with Crippen LogP contribution in [-0.2, 0) is 0 Å². The van der Waals surface area contributed by atoms with Gasteiger partial charge in [-0.05, 0) is 61.6 Å². The van der Waals surface area contributed by atoms with E-state index in [1.54, 1.807) is 5.19 Å². The van der Waals surface area contributed by atoms with Gasteiger partial charge in [0.2, 0.25) is 0 Å².